The lowest BCUT2D eigenvalue weighted by Crippen LogP contribution is -2.09. The van der Waals surface area contributed by atoms with Crippen LogP contribution in [0.1, 0.15) is 35.4 Å². The van der Waals surface area contributed by atoms with E-state index in [-0.39, 0.29) is 6.04 Å². The lowest BCUT2D eigenvalue weighted by molar-refractivity contribution is 0.751. The van der Waals surface area contributed by atoms with E-state index >= 15 is 0 Å². The average Bonchev–Trinajstić information content (AvgIpc) is 2.44. The summed E-state index contributed by atoms with van der Waals surface area (Å²) < 4.78 is 0. The Labute approximate surface area is 84.0 Å². The smallest absolute Gasteiger partial charge is 0.0416 e. The molecule has 0 aliphatic carbocycles. The van der Waals surface area contributed by atoms with Gasteiger partial charge in [-0.2, -0.15) is 0 Å². The van der Waals surface area contributed by atoms with Gasteiger partial charge in [0.25, 0.3) is 0 Å². The van der Waals surface area contributed by atoms with Crippen molar-refractivity contribution in [1.29, 1.82) is 0 Å². The predicted octanol–water partition coefficient (Wildman–Crippen LogP) is 2.78. The molecule has 0 spiro atoms. The number of thiophene rings is 1. The maximum Gasteiger partial charge on any atom is 0.0416 e. The van der Waals surface area contributed by atoms with Gasteiger partial charge in [0.05, 0.1) is 0 Å². The molecule has 1 unspecified atom stereocenters. The second-order valence-electron chi connectivity index (χ2n) is 3.11. The Balaban J connectivity index is 2.80. The molecule has 0 saturated heterocycles. The molecule has 0 radical (unpaired) electrons. The van der Waals surface area contributed by atoms with Gasteiger partial charge in [0.2, 0.25) is 0 Å². The SMILES string of the molecule is CC#CCC(N)c1csc(C)c1C. The first-order valence-electron chi connectivity index (χ1n) is 4.36. The van der Waals surface area contributed by atoms with Gasteiger partial charge in [-0.15, -0.1) is 23.2 Å². The van der Waals surface area contributed by atoms with E-state index in [0.717, 1.165) is 6.42 Å². The highest BCUT2D eigenvalue weighted by Gasteiger charge is 2.10. The number of hydrogen-bond donors (Lipinski definition) is 1. The van der Waals surface area contributed by atoms with Gasteiger partial charge in [0, 0.05) is 17.3 Å². The van der Waals surface area contributed by atoms with Crippen molar-refractivity contribution in [3.05, 3.63) is 21.4 Å². The summed E-state index contributed by atoms with van der Waals surface area (Å²) in [6, 6.07) is 0.0809. The zero-order chi connectivity index (χ0) is 9.84. The topological polar surface area (TPSA) is 26.0 Å². The maximum absolute atomic E-state index is 6.00. The van der Waals surface area contributed by atoms with E-state index in [2.05, 4.69) is 31.1 Å². The van der Waals surface area contributed by atoms with E-state index in [1.807, 2.05) is 6.92 Å². The van der Waals surface area contributed by atoms with Gasteiger partial charge >= 0.3 is 0 Å². The maximum atomic E-state index is 6.00. The minimum atomic E-state index is 0.0809. The lowest BCUT2D eigenvalue weighted by atomic mass is 10.0. The van der Waals surface area contributed by atoms with Gasteiger partial charge in [-0.25, -0.2) is 0 Å². The van der Waals surface area contributed by atoms with Crippen molar-refractivity contribution in [2.45, 2.75) is 33.2 Å². The molecule has 0 amide bonds. The van der Waals surface area contributed by atoms with Crippen LogP contribution in [0, 0.1) is 25.7 Å². The molecule has 70 valence electrons. The fourth-order valence-electron chi connectivity index (χ4n) is 1.22. The number of rotatable bonds is 2. The molecule has 1 aromatic heterocycles. The fraction of sp³-hybridized carbons (Fsp3) is 0.455. The minimum Gasteiger partial charge on any atom is -0.323 e. The Hall–Kier alpha value is -0.780. The lowest BCUT2D eigenvalue weighted by Gasteiger charge is -2.07. The highest BCUT2D eigenvalue weighted by molar-refractivity contribution is 7.10. The molecule has 0 aliphatic rings. The molecule has 2 N–H and O–H groups in total. The van der Waals surface area contributed by atoms with Crippen LogP contribution in [0.4, 0.5) is 0 Å². The highest BCUT2D eigenvalue weighted by atomic mass is 32.1. The predicted molar refractivity (Wildman–Crippen MR) is 58.8 cm³/mol. The van der Waals surface area contributed by atoms with E-state index in [1.165, 1.54) is 16.0 Å². The fourth-order valence-corrected chi connectivity index (χ4v) is 2.17. The minimum absolute atomic E-state index is 0.0809. The zero-order valence-corrected chi connectivity index (χ0v) is 9.16. The average molecular weight is 193 g/mol. The first-order valence-corrected chi connectivity index (χ1v) is 5.24. The van der Waals surface area contributed by atoms with Crippen LogP contribution in [0.5, 0.6) is 0 Å². The molecule has 1 atom stereocenters. The molecule has 0 bridgehead atoms. The molecule has 1 nitrogen and oxygen atoms in total. The van der Waals surface area contributed by atoms with Crippen molar-refractivity contribution >= 4 is 11.3 Å². The highest BCUT2D eigenvalue weighted by Crippen LogP contribution is 2.26. The Morgan fingerprint density at radius 1 is 1.54 bits per heavy atom. The standard InChI is InChI=1S/C11H15NS/c1-4-5-6-11(12)10-7-13-9(3)8(10)2/h7,11H,6,12H2,1-3H3. The molecule has 13 heavy (non-hydrogen) atoms. The van der Waals surface area contributed by atoms with Crippen LogP contribution in [0.2, 0.25) is 0 Å². The summed E-state index contributed by atoms with van der Waals surface area (Å²) in [6.45, 7) is 6.10. The van der Waals surface area contributed by atoms with Crippen molar-refractivity contribution < 1.29 is 0 Å². The van der Waals surface area contributed by atoms with E-state index < -0.39 is 0 Å². The molecule has 0 fully saturated rings. The van der Waals surface area contributed by atoms with E-state index in [0.29, 0.717) is 0 Å². The Morgan fingerprint density at radius 2 is 2.23 bits per heavy atom. The molecule has 0 saturated carbocycles. The third kappa shape index (κ3) is 2.33. The molecular weight excluding hydrogens is 178 g/mol. The van der Waals surface area contributed by atoms with Crippen molar-refractivity contribution in [2.75, 3.05) is 0 Å². The van der Waals surface area contributed by atoms with Crippen molar-refractivity contribution in [2.24, 2.45) is 5.73 Å². The van der Waals surface area contributed by atoms with Gasteiger partial charge in [-0.3, -0.25) is 0 Å². The Bertz CT molecular complexity index is 341. The normalized spacial score (nSPS) is 12.0. The second-order valence-corrected chi connectivity index (χ2v) is 4.19. The summed E-state index contributed by atoms with van der Waals surface area (Å²) in [5, 5.41) is 2.15. The van der Waals surface area contributed by atoms with Crippen LogP contribution in [-0.2, 0) is 0 Å². The third-order valence-electron chi connectivity index (χ3n) is 2.22. The number of hydrogen-bond acceptors (Lipinski definition) is 2. The largest absolute Gasteiger partial charge is 0.323 e. The first kappa shape index (κ1) is 10.3. The molecule has 2 heteroatoms. The van der Waals surface area contributed by atoms with Crippen LogP contribution >= 0.6 is 11.3 Å². The van der Waals surface area contributed by atoms with Crippen LogP contribution < -0.4 is 5.73 Å². The molecule has 1 rings (SSSR count). The number of aryl methyl sites for hydroxylation is 1. The van der Waals surface area contributed by atoms with Crippen LogP contribution in [-0.4, -0.2) is 0 Å². The Kier molecular flexibility index (Phi) is 3.53. The summed E-state index contributed by atoms with van der Waals surface area (Å²) in [5.74, 6) is 5.88. The van der Waals surface area contributed by atoms with Crippen LogP contribution in [0.15, 0.2) is 5.38 Å². The van der Waals surface area contributed by atoms with Gasteiger partial charge in [0.15, 0.2) is 0 Å². The molecule has 0 aliphatic heterocycles. The number of nitrogens with two attached hydrogens (primary N) is 1. The second kappa shape index (κ2) is 4.45. The van der Waals surface area contributed by atoms with E-state index in [4.69, 9.17) is 5.73 Å². The first-order chi connectivity index (χ1) is 6.16. The molecule has 0 aromatic carbocycles. The summed E-state index contributed by atoms with van der Waals surface area (Å²) in [6.07, 6.45) is 0.757. The third-order valence-corrected chi connectivity index (χ3v) is 3.25. The van der Waals surface area contributed by atoms with E-state index in [1.54, 1.807) is 11.3 Å². The summed E-state index contributed by atoms with van der Waals surface area (Å²) in [4.78, 5) is 1.36. The van der Waals surface area contributed by atoms with Crippen molar-refractivity contribution in [1.82, 2.24) is 0 Å². The Morgan fingerprint density at radius 3 is 2.69 bits per heavy atom. The van der Waals surface area contributed by atoms with Crippen molar-refractivity contribution in [3.8, 4) is 11.8 Å². The van der Waals surface area contributed by atoms with Gasteiger partial charge in [0.1, 0.15) is 0 Å². The molecular formula is C11H15NS. The monoisotopic (exact) mass is 193 g/mol. The van der Waals surface area contributed by atoms with Crippen molar-refractivity contribution in [3.63, 3.8) is 0 Å². The zero-order valence-electron chi connectivity index (χ0n) is 8.35. The van der Waals surface area contributed by atoms with Gasteiger partial charge in [-0.05, 0) is 37.3 Å². The van der Waals surface area contributed by atoms with Crippen LogP contribution in [0.25, 0.3) is 0 Å². The molecule has 1 heterocycles. The summed E-state index contributed by atoms with van der Waals surface area (Å²) in [5.41, 5.74) is 8.58. The quantitative estimate of drug-likeness (QED) is 0.718. The van der Waals surface area contributed by atoms with E-state index in [9.17, 15) is 0 Å². The summed E-state index contributed by atoms with van der Waals surface area (Å²) in [7, 11) is 0. The van der Waals surface area contributed by atoms with Gasteiger partial charge in [-0.1, -0.05) is 0 Å². The summed E-state index contributed by atoms with van der Waals surface area (Å²) >= 11 is 1.76. The van der Waals surface area contributed by atoms with Gasteiger partial charge < -0.3 is 5.73 Å². The van der Waals surface area contributed by atoms with Crippen LogP contribution in [0.3, 0.4) is 0 Å². The molecule has 1 aromatic rings.